The Bertz CT molecular complexity index is 795. The monoisotopic (exact) mass is 510 g/mol. The number of hydrogen-bond donors (Lipinski definition) is 1. The molecular weight excluding hydrogens is 479 g/mol. The number of fused-ring (bicyclic) bond motifs is 1. The van der Waals surface area contributed by atoms with Gasteiger partial charge in [-0.1, -0.05) is 30.3 Å². The van der Waals surface area contributed by atoms with Crippen LogP contribution < -0.4 is 5.32 Å². The first-order chi connectivity index (χ1) is 13.7. The Morgan fingerprint density at radius 1 is 1.28 bits per heavy atom. The molecule has 0 amide bonds. The summed E-state index contributed by atoms with van der Waals surface area (Å²) in [6.45, 7) is 8.26. The number of benzene rings is 1. The number of likely N-dealkylation sites (tertiary alicyclic amines) is 1. The van der Waals surface area contributed by atoms with E-state index in [1.165, 1.54) is 11.1 Å². The van der Waals surface area contributed by atoms with Crippen molar-refractivity contribution in [2.45, 2.75) is 32.2 Å². The number of morpholine rings is 1. The highest BCUT2D eigenvalue weighted by molar-refractivity contribution is 14.0. The van der Waals surface area contributed by atoms with Gasteiger partial charge >= 0.3 is 0 Å². The van der Waals surface area contributed by atoms with Crippen molar-refractivity contribution >= 4 is 29.9 Å². The summed E-state index contributed by atoms with van der Waals surface area (Å²) in [5.41, 5.74) is 2.54. The maximum absolute atomic E-state index is 6.09. The first-order valence-electron chi connectivity index (χ1n) is 10.1. The van der Waals surface area contributed by atoms with Gasteiger partial charge in [-0.15, -0.1) is 24.0 Å². The number of aromatic nitrogens is 2. The van der Waals surface area contributed by atoms with Crippen LogP contribution in [0.15, 0.2) is 47.7 Å². The molecule has 1 N–H and O–H groups in total. The third-order valence-corrected chi connectivity index (χ3v) is 5.54. The van der Waals surface area contributed by atoms with Crippen LogP contribution >= 0.6 is 24.0 Å². The number of guanidine groups is 1. The van der Waals surface area contributed by atoms with Gasteiger partial charge in [0, 0.05) is 46.0 Å². The standard InChI is InChI=1S/C21H30N6O.HI/c1-17-12-24-27(13-17)9-8-23-21(22-2)26-15-19-20(16-26)28-11-10-25(19)14-18-6-4-3-5-7-18;/h3-7,12-13,19-20H,8-11,14-16H2,1-2H3,(H,22,23);1H. The average Bonchev–Trinajstić information content (AvgIpc) is 3.33. The molecule has 2 fully saturated rings. The maximum Gasteiger partial charge on any atom is 0.193 e. The molecule has 2 unspecified atom stereocenters. The summed E-state index contributed by atoms with van der Waals surface area (Å²) in [6, 6.07) is 11.1. The molecule has 0 bridgehead atoms. The Balaban J connectivity index is 0.00000240. The van der Waals surface area contributed by atoms with E-state index >= 15 is 0 Å². The summed E-state index contributed by atoms with van der Waals surface area (Å²) in [5.74, 6) is 0.946. The number of nitrogens with one attached hydrogen (secondary N) is 1. The van der Waals surface area contributed by atoms with Gasteiger partial charge in [0.25, 0.3) is 0 Å². The molecule has 29 heavy (non-hydrogen) atoms. The second-order valence-corrected chi connectivity index (χ2v) is 7.59. The summed E-state index contributed by atoms with van der Waals surface area (Å²) >= 11 is 0. The number of rotatable bonds is 5. The summed E-state index contributed by atoms with van der Waals surface area (Å²) in [5, 5.41) is 7.83. The van der Waals surface area contributed by atoms with Gasteiger partial charge in [0.15, 0.2) is 5.96 Å². The zero-order valence-electron chi connectivity index (χ0n) is 17.2. The van der Waals surface area contributed by atoms with Crippen LogP contribution in [0.2, 0.25) is 0 Å². The van der Waals surface area contributed by atoms with Crippen LogP contribution in [0.3, 0.4) is 0 Å². The van der Waals surface area contributed by atoms with Gasteiger partial charge in [-0.3, -0.25) is 14.6 Å². The molecule has 3 heterocycles. The van der Waals surface area contributed by atoms with Crippen molar-refractivity contribution in [2.75, 3.05) is 39.8 Å². The fourth-order valence-corrected chi connectivity index (χ4v) is 4.15. The minimum atomic E-state index is 0. The van der Waals surface area contributed by atoms with Crippen molar-refractivity contribution in [3.8, 4) is 0 Å². The molecule has 158 valence electrons. The molecule has 4 rings (SSSR count). The number of halogens is 1. The highest BCUT2D eigenvalue weighted by Crippen LogP contribution is 2.24. The molecule has 0 radical (unpaired) electrons. The summed E-state index contributed by atoms with van der Waals surface area (Å²) in [7, 11) is 1.85. The molecule has 0 spiro atoms. The Morgan fingerprint density at radius 3 is 2.83 bits per heavy atom. The maximum atomic E-state index is 6.09. The molecule has 2 saturated heterocycles. The Hall–Kier alpha value is -1.65. The van der Waals surface area contributed by atoms with Gasteiger partial charge in [-0.25, -0.2) is 0 Å². The van der Waals surface area contributed by atoms with Crippen LogP contribution in [-0.4, -0.2) is 77.5 Å². The van der Waals surface area contributed by atoms with Crippen LogP contribution in [0.5, 0.6) is 0 Å². The molecule has 2 atom stereocenters. The quantitative estimate of drug-likeness (QED) is 0.379. The number of aryl methyl sites for hydroxylation is 1. The number of nitrogens with zero attached hydrogens (tertiary/aromatic N) is 5. The largest absolute Gasteiger partial charge is 0.373 e. The zero-order valence-corrected chi connectivity index (χ0v) is 19.5. The topological polar surface area (TPSA) is 57.9 Å². The molecule has 0 aliphatic carbocycles. The zero-order chi connectivity index (χ0) is 19.3. The lowest BCUT2D eigenvalue weighted by molar-refractivity contribution is -0.0502. The van der Waals surface area contributed by atoms with Crippen molar-refractivity contribution in [3.63, 3.8) is 0 Å². The minimum Gasteiger partial charge on any atom is -0.373 e. The van der Waals surface area contributed by atoms with Crippen LogP contribution in [0.4, 0.5) is 0 Å². The van der Waals surface area contributed by atoms with Gasteiger partial charge < -0.3 is 15.0 Å². The fourth-order valence-electron chi connectivity index (χ4n) is 4.15. The van der Waals surface area contributed by atoms with Crippen molar-refractivity contribution in [1.82, 2.24) is 24.9 Å². The molecule has 1 aromatic carbocycles. The van der Waals surface area contributed by atoms with Crippen molar-refractivity contribution < 1.29 is 4.74 Å². The Labute approximate surface area is 190 Å². The van der Waals surface area contributed by atoms with Gasteiger partial charge in [0.05, 0.1) is 31.5 Å². The molecule has 2 aromatic rings. The van der Waals surface area contributed by atoms with E-state index in [2.05, 4.69) is 68.7 Å². The summed E-state index contributed by atoms with van der Waals surface area (Å²) in [4.78, 5) is 9.39. The van der Waals surface area contributed by atoms with Crippen LogP contribution in [0, 0.1) is 6.92 Å². The molecule has 2 aliphatic heterocycles. The smallest absolute Gasteiger partial charge is 0.193 e. The average molecular weight is 510 g/mol. The van der Waals surface area contributed by atoms with Gasteiger partial charge in [0.1, 0.15) is 0 Å². The number of aliphatic imine (C=N–C) groups is 1. The van der Waals surface area contributed by atoms with Crippen LogP contribution in [0.1, 0.15) is 11.1 Å². The lowest BCUT2D eigenvalue weighted by Gasteiger charge is -2.36. The van der Waals surface area contributed by atoms with E-state index in [0.717, 1.165) is 51.8 Å². The molecule has 8 heteroatoms. The van der Waals surface area contributed by atoms with Crippen molar-refractivity contribution in [2.24, 2.45) is 4.99 Å². The predicted octanol–water partition coefficient (Wildman–Crippen LogP) is 1.97. The Morgan fingerprint density at radius 2 is 2.10 bits per heavy atom. The van der Waals surface area contributed by atoms with Crippen molar-refractivity contribution in [3.05, 3.63) is 53.9 Å². The van der Waals surface area contributed by atoms with Crippen LogP contribution in [0.25, 0.3) is 0 Å². The second kappa shape index (κ2) is 10.4. The van der Waals surface area contributed by atoms with E-state index in [-0.39, 0.29) is 30.1 Å². The first-order valence-corrected chi connectivity index (χ1v) is 10.1. The molecular formula is C21H31IN6O. The molecule has 7 nitrogen and oxygen atoms in total. The normalized spacial score (nSPS) is 22.3. The van der Waals surface area contributed by atoms with E-state index in [4.69, 9.17) is 4.74 Å². The van der Waals surface area contributed by atoms with Gasteiger partial charge in [0.2, 0.25) is 0 Å². The second-order valence-electron chi connectivity index (χ2n) is 7.59. The molecule has 2 aliphatic rings. The fraction of sp³-hybridized carbons (Fsp3) is 0.524. The summed E-state index contributed by atoms with van der Waals surface area (Å²) in [6.07, 6.45) is 4.19. The predicted molar refractivity (Wildman–Crippen MR) is 126 cm³/mol. The first kappa shape index (κ1) is 22.0. The van der Waals surface area contributed by atoms with Crippen molar-refractivity contribution in [1.29, 1.82) is 0 Å². The van der Waals surface area contributed by atoms with Crippen LogP contribution in [-0.2, 0) is 17.8 Å². The Kier molecular flexibility index (Phi) is 7.91. The lowest BCUT2D eigenvalue weighted by Crippen LogP contribution is -2.50. The highest BCUT2D eigenvalue weighted by atomic mass is 127. The van der Waals surface area contributed by atoms with E-state index in [9.17, 15) is 0 Å². The third kappa shape index (κ3) is 5.49. The highest BCUT2D eigenvalue weighted by Gasteiger charge is 2.41. The van der Waals surface area contributed by atoms with E-state index in [1.54, 1.807) is 0 Å². The SMILES string of the molecule is CN=C(NCCn1cc(C)cn1)N1CC2OCCN(Cc3ccccc3)C2C1.I. The van der Waals surface area contributed by atoms with E-state index in [1.807, 2.05) is 17.9 Å². The minimum absolute atomic E-state index is 0. The summed E-state index contributed by atoms with van der Waals surface area (Å²) < 4.78 is 8.05. The van der Waals surface area contributed by atoms with Gasteiger partial charge in [-0.05, 0) is 18.1 Å². The third-order valence-electron chi connectivity index (χ3n) is 5.54. The van der Waals surface area contributed by atoms with E-state index in [0.29, 0.717) is 6.04 Å². The lowest BCUT2D eigenvalue weighted by atomic mass is 10.1. The molecule has 1 aromatic heterocycles. The number of hydrogen-bond acceptors (Lipinski definition) is 4. The van der Waals surface area contributed by atoms with E-state index < -0.39 is 0 Å². The molecule has 0 saturated carbocycles. The number of ether oxygens (including phenoxy) is 1. The van der Waals surface area contributed by atoms with Gasteiger partial charge in [-0.2, -0.15) is 5.10 Å².